The molecule has 0 bridgehead atoms. The van der Waals surface area contributed by atoms with Crippen molar-refractivity contribution in [3.8, 4) is 16.2 Å². The van der Waals surface area contributed by atoms with Crippen LogP contribution in [0.5, 0.6) is 5.75 Å². The Kier molecular flexibility index (Phi) is 8.07. The maximum Gasteiger partial charge on any atom is 0.406 e. The highest BCUT2D eigenvalue weighted by Crippen LogP contribution is 2.43. The van der Waals surface area contributed by atoms with E-state index in [0.717, 1.165) is 53.1 Å². The van der Waals surface area contributed by atoms with Crippen LogP contribution in [0.25, 0.3) is 10.4 Å². The first-order chi connectivity index (χ1) is 16.5. The lowest BCUT2D eigenvalue weighted by Gasteiger charge is -2.33. The van der Waals surface area contributed by atoms with Crippen LogP contribution in [0, 0.1) is 0 Å². The standard InChI is InChI=1S/C25H33N3O5S/c1-16(28(18-9-10-18)24(30)21-15-26-12-13-33-21)22-14-17(6-5-11-27-25(31)32-2)23(34-22)19-7-3-4-8-20(19)29/h3-4,7-8,14,16,18,21,26,29H,5-6,9-13,15H2,1-2H3,(H,27,31)/t16-,21-/m1/s1. The SMILES string of the molecule is COC(=O)NCCCc1cc([C@@H](C)N(C(=O)[C@H]2CNCCO2)C2CC2)sc1-c1ccccc1O. The Morgan fingerprint density at radius 3 is 2.82 bits per heavy atom. The average Bonchev–Trinajstić information content (AvgIpc) is 3.60. The Morgan fingerprint density at radius 2 is 2.15 bits per heavy atom. The fourth-order valence-electron chi connectivity index (χ4n) is 4.34. The lowest BCUT2D eigenvalue weighted by Crippen LogP contribution is -2.50. The fraction of sp³-hybridized carbons (Fsp3) is 0.520. The highest BCUT2D eigenvalue weighted by Gasteiger charge is 2.40. The van der Waals surface area contributed by atoms with E-state index in [-0.39, 0.29) is 23.7 Å². The van der Waals surface area contributed by atoms with Crippen molar-refractivity contribution in [3.05, 3.63) is 40.8 Å². The topological polar surface area (TPSA) is 100 Å². The first-order valence-electron chi connectivity index (χ1n) is 11.9. The van der Waals surface area contributed by atoms with Crippen LogP contribution < -0.4 is 10.6 Å². The number of nitrogens with zero attached hydrogens (tertiary/aromatic N) is 1. The van der Waals surface area contributed by atoms with Gasteiger partial charge >= 0.3 is 6.09 Å². The van der Waals surface area contributed by atoms with E-state index in [4.69, 9.17) is 4.74 Å². The summed E-state index contributed by atoms with van der Waals surface area (Å²) in [5, 5.41) is 16.5. The van der Waals surface area contributed by atoms with Gasteiger partial charge in [-0.2, -0.15) is 0 Å². The number of ether oxygens (including phenoxy) is 2. The Bertz CT molecular complexity index is 1000. The summed E-state index contributed by atoms with van der Waals surface area (Å²) >= 11 is 1.62. The molecule has 1 aromatic carbocycles. The van der Waals surface area contributed by atoms with Gasteiger partial charge in [0.05, 0.1) is 19.8 Å². The second-order valence-electron chi connectivity index (χ2n) is 8.76. The molecule has 2 heterocycles. The second-order valence-corrected chi connectivity index (χ2v) is 9.84. The number of amides is 2. The van der Waals surface area contributed by atoms with E-state index < -0.39 is 12.2 Å². The number of rotatable bonds is 9. The van der Waals surface area contributed by atoms with Crippen molar-refractivity contribution in [2.45, 2.75) is 50.8 Å². The minimum Gasteiger partial charge on any atom is -0.507 e. The largest absolute Gasteiger partial charge is 0.507 e. The van der Waals surface area contributed by atoms with Crippen LogP contribution in [0.1, 0.15) is 42.7 Å². The molecule has 2 atom stereocenters. The van der Waals surface area contributed by atoms with Crippen molar-refractivity contribution in [1.29, 1.82) is 0 Å². The normalized spacial score (nSPS) is 18.8. The highest BCUT2D eigenvalue weighted by molar-refractivity contribution is 7.15. The van der Waals surface area contributed by atoms with E-state index in [9.17, 15) is 14.7 Å². The minimum atomic E-state index is -0.446. The zero-order valence-electron chi connectivity index (χ0n) is 19.7. The third kappa shape index (κ3) is 5.71. The molecule has 2 aliphatic rings. The van der Waals surface area contributed by atoms with E-state index >= 15 is 0 Å². The lowest BCUT2D eigenvalue weighted by molar-refractivity contribution is -0.148. The molecule has 1 saturated heterocycles. The summed E-state index contributed by atoms with van der Waals surface area (Å²) in [4.78, 5) is 28.8. The molecule has 0 radical (unpaired) electrons. The number of thiophene rings is 1. The van der Waals surface area contributed by atoms with Crippen LogP contribution >= 0.6 is 11.3 Å². The molecule has 1 aromatic heterocycles. The predicted molar refractivity (Wildman–Crippen MR) is 131 cm³/mol. The summed E-state index contributed by atoms with van der Waals surface area (Å²) in [6.45, 7) is 4.43. The van der Waals surface area contributed by atoms with Crippen LogP contribution in [0.2, 0.25) is 0 Å². The number of phenols is 1. The number of nitrogens with one attached hydrogen (secondary N) is 2. The van der Waals surface area contributed by atoms with E-state index in [2.05, 4.69) is 28.4 Å². The summed E-state index contributed by atoms with van der Waals surface area (Å²) in [5.41, 5.74) is 1.88. The number of morpholine rings is 1. The summed E-state index contributed by atoms with van der Waals surface area (Å²) in [7, 11) is 1.35. The smallest absolute Gasteiger partial charge is 0.406 e. The van der Waals surface area contributed by atoms with Crippen molar-refractivity contribution in [1.82, 2.24) is 15.5 Å². The van der Waals surface area contributed by atoms with E-state index in [1.165, 1.54) is 7.11 Å². The average molecular weight is 488 g/mol. The molecule has 2 amide bonds. The number of aromatic hydroxyl groups is 1. The van der Waals surface area contributed by atoms with Crippen molar-refractivity contribution < 1.29 is 24.2 Å². The molecular formula is C25H33N3O5S. The monoisotopic (exact) mass is 487 g/mol. The molecule has 0 spiro atoms. The molecule has 1 aliphatic heterocycles. The molecule has 4 rings (SSSR count). The van der Waals surface area contributed by atoms with Gasteiger partial charge in [-0.1, -0.05) is 12.1 Å². The molecule has 9 heteroatoms. The number of phenolic OH excluding ortho intramolecular Hbond substituents is 1. The number of carbonyl (C=O) groups is 2. The van der Waals surface area contributed by atoms with Crippen molar-refractivity contribution in [3.63, 3.8) is 0 Å². The van der Waals surface area contributed by atoms with Gasteiger partial charge < -0.3 is 30.1 Å². The molecule has 34 heavy (non-hydrogen) atoms. The molecule has 3 N–H and O–H groups in total. The molecule has 184 valence electrons. The fourth-order valence-corrected chi connectivity index (χ4v) is 5.64. The number of hydrogen-bond donors (Lipinski definition) is 3. The molecule has 1 saturated carbocycles. The van der Waals surface area contributed by atoms with Crippen LogP contribution in [0.4, 0.5) is 4.79 Å². The van der Waals surface area contributed by atoms with Gasteiger partial charge in [-0.15, -0.1) is 11.3 Å². The number of methoxy groups -OCH3 is 1. The first kappa shape index (κ1) is 24.5. The van der Waals surface area contributed by atoms with E-state index in [1.54, 1.807) is 17.4 Å². The van der Waals surface area contributed by atoms with Gasteiger partial charge in [-0.3, -0.25) is 4.79 Å². The van der Waals surface area contributed by atoms with Crippen LogP contribution in [0.3, 0.4) is 0 Å². The number of para-hydroxylation sites is 1. The number of benzene rings is 1. The third-order valence-corrected chi connectivity index (χ3v) is 7.66. The van der Waals surface area contributed by atoms with Crippen molar-refractivity contribution >= 4 is 23.3 Å². The molecule has 8 nitrogen and oxygen atoms in total. The maximum atomic E-state index is 13.4. The molecular weight excluding hydrogens is 454 g/mol. The van der Waals surface area contributed by atoms with Gasteiger partial charge in [0.15, 0.2) is 0 Å². The highest BCUT2D eigenvalue weighted by atomic mass is 32.1. The number of aryl methyl sites for hydroxylation is 1. The second kappa shape index (κ2) is 11.2. The van der Waals surface area contributed by atoms with Crippen LogP contribution in [0.15, 0.2) is 30.3 Å². The number of hydrogen-bond acceptors (Lipinski definition) is 7. The molecule has 1 aliphatic carbocycles. The Morgan fingerprint density at radius 1 is 1.35 bits per heavy atom. The van der Waals surface area contributed by atoms with Gasteiger partial charge in [0.2, 0.25) is 0 Å². The van der Waals surface area contributed by atoms with Gasteiger partial charge in [-0.25, -0.2) is 4.79 Å². The Hall–Kier alpha value is -2.62. The number of carbonyl (C=O) groups excluding carboxylic acids is 2. The zero-order chi connectivity index (χ0) is 24.1. The van der Waals surface area contributed by atoms with Crippen LogP contribution in [-0.2, 0) is 20.7 Å². The van der Waals surface area contributed by atoms with Crippen LogP contribution in [-0.4, -0.2) is 67.5 Å². The summed E-state index contributed by atoms with van der Waals surface area (Å²) in [5.74, 6) is 0.276. The maximum absolute atomic E-state index is 13.4. The van der Waals surface area contributed by atoms with Gasteiger partial charge in [0.25, 0.3) is 5.91 Å². The van der Waals surface area contributed by atoms with E-state index in [1.807, 2.05) is 23.1 Å². The molecule has 2 aromatic rings. The molecule has 2 fully saturated rings. The summed E-state index contributed by atoms with van der Waals surface area (Å²) in [6, 6.07) is 9.62. The predicted octanol–water partition coefficient (Wildman–Crippen LogP) is 3.45. The quantitative estimate of drug-likeness (QED) is 0.469. The van der Waals surface area contributed by atoms with Crippen molar-refractivity contribution in [2.24, 2.45) is 0 Å². The lowest BCUT2D eigenvalue weighted by atomic mass is 10.0. The first-order valence-corrected chi connectivity index (χ1v) is 12.7. The van der Waals surface area contributed by atoms with E-state index in [0.29, 0.717) is 19.7 Å². The Labute approximate surface area is 204 Å². The summed E-state index contributed by atoms with van der Waals surface area (Å²) < 4.78 is 10.4. The van der Waals surface area contributed by atoms with Crippen molar-refractivity contribution in [2.75, 3.05) is 33.4 Å². The third-order valence-electron chi connectivity index (χ3n) is 6.28. The summed E-state index contributed by atoms with van der Waals surface area (Å²) in [6.07, 6.45) is 2.59. The Balaban J connectivity index is 1.58. The van der Waals surface area contributed by atoms with Gasteiger partial charge in [0, 0.05) is 41.0 Å². The van der Waals surface area contributed by atoms with Gasteiger partial charge in [0.1, 0.15) is 11.9 Å². The molecule has 0 unspecified atom stereocenters. The van der Waals surface area contributed by atoms with Gasteiger partial charge in [-0.05, 0) is 56.4 Å². The minimum absolute atomic E-state index is 0.0449. The zero-order valence-corrected chi connectivity index (χ0v) is 20.5. The number of alkyl carbamates (subject to hydrolysis) is 1.